The van der Waals surface area contributed by atoms with E-state index in [1.165, 1.54) is 35.4 Å². The molecule has 0 bridgehead atoms. The molecule has 2 amide bonds. The van der Waals surface area contributed by atoms with Gasteiger partial charge < -0.3 is 15.5 Å². The molecule has 0 saturated heterocycles. The van der Waals surface area contributed by atoms with Crippen molar-refractivity contribution in [2.45, 2.75) is 32.1 Å². The van der Waals surface area contributed by atoms with Gasteiger partial charge in [0.2, 0.25) is 0 Å². The number of anilines is 1. The molecule has 2 rings (SSSR count). The van der Waals surface area contributed by atoms with E-state index in [1.54, 1.807) is 20.4 Å². The quantitative estimate of drug-likeness (QED) is 0.645. The van der Waals surface area contributed by atoms with Crippen molar-refractivity contribution in [3.05, 3.63) is 17.6 Å². The number of urea groups is 1. The lowest BCUT2D eigenvalue weighted by Gasteiger charge is -2.14. The van der Waals surface area contributed by atoms with Gasteiger partial charge in [-0.3, -0.25) is 0 Å². The maximum atomic E-state index is 11.4. The second-order valence-electron chi connectivity index (χ2n) is 5.26. The third-order valence-corrected chi connectivity index (χ3v) is 3.47. The first-order valence-electron chi connectivity index (χ1n) is 7.20. The number of hydrogen-bond donors (Lipinski definition) is 2. The molecule has 0 radical (unpaired) electrons. The van der Waals surface area contributed by atoms with Gasteiger partial charge in [0.15, 0.2) is 0 Å². The third kappa shape index (κ3) is 3.82. The van der Waals surface area contributed by atoms with Crippen LogP contribution >= 0.6 is 0 Å². The van der Waals surface area contributed by atoms with E-state index in [1.807, 2.05) is 0 Å². The Bertz CT molecular complexity index is 461. The number of nitrogens with zero attached hydrogens (tertiary/aromatic N) is 3. The van der Waals surface area contributed by atoms with Crippen molar-refractivity contribution >= 4 is 11.8 Å². The van der Waals surface area contributed by atoms with Crippen molar-refractivity contribution in [3.8, 4) is 0 Å². The Hall–Kier alpha value is -1.85. The lowest BCUT2D eigenvalue weighted by molar-refractivity contribution is 0.218. The Morgan fingerprint density at radius 2 is 2.00 bits per heavy atom. The molecule has 20 heavy (non-hydrogen) atoms. The summed E-state index contributed by atoms with van der Waals surface area (Å²) in [4.78, 5) is 21.7. The van der Waals surface area contributed by atoms with Crippen LogP contribution in [0.25, 0.3) is 0 Å². The van der Waals surface area contributed by atoms with Crippen LogP contribution in [0.3, 0.4) is 0 Å². The van der Waals surface area contributed by atoms with Gasteiger partial charge in [0, 0.05) is 38.4 Å². The fourth-order valence-electron chi connectivity index (χ4n) is 2.36. The van der Waals surface area contributed by atoms with Crippen LogP contribution < -0.4 is 10.6 Å². The van der Waals surface area contributed by atoms with E-state index in [0.29, 0.717) is 13.1 Å². The molecule has 0 spiro atoms. The van der Waals surface area contributed by atoms with Gasteiger partial charge in [-0.25, -0.2) is 14.8 Å². The second-order valence-corrected chi connectivity index (χ2v) is 5.26. The summed E-state index contributed by atoms with van der Waals surface area (Å²) in [6.07, 6.45) is 7.39. The Kier molecular flexibility index (Phi) is 5.15. The predicted molar refractivity (Wildman–Crippen MR) is 78.9 cm³/mol. The van der Waals surface area contributed by atoms with Crippen LogP contribution in [0.1, 0.15) is 30.5 Å². The molecule has 1 aliphatic carbocycles. The largest absolute Gasteiger partial charge is 0.368 e. The van der Waals surface area contributed by atoms with Crippen LogP contribution in [0.2, 0.25) is 0 Å². The molecule has 2 N–H and O–H groups in total. The fraction of sp³-hybridized carbons (Fsp3) is 0.643. The summed E-state index contributed by atoms with van der Waals surface area (Å²) in [7, 11) is 3.46. The van der Waals surface area contributed by atoms with Crippen molar-refractivity contribution in [2.75, 3.05) is 32.5 Å². The molecule has 0 aromatic carbocycles. The zero-order chi connectivity index (χ0) is 14.4. The first-order valence-corrected chi connectivity index (χ1v) is 7.20. The lowest BCUT2D eigenvalue weighted by atomic mass is 10.1. The van der Waals surface area contributed by atoms with E-state index < -0.39 is 0 Å². The first-order chi connectivity index (χ1) is 9.68. The van der Waals surface area contributed by atoms with Gasteiger partial charge in [-0.2, -0.15) is 0 Å². The molecular weight excluding hydrogens is 254 g/mol. The Morgan fingerprint density at radius 1 is 1.20 bits per heavy atom. The van der Waals surface area contributed by atoms with Gasteiger partial charge >= 0.3 is 6.03 Å². The van der Waals surface area contributed by atoms with Crippen molar-refractivity contribution in [1.82, 2.24) is 20.2 Å². The molecule has 110 valence electrons. The van der Waals surface area contributed by atoms with E-state index in [-0.39, 0.29) is 6.03 Å². The minimum atomic E-state index is -0.0756. The standard InChI is InChI=1S/C14H23N5O/c1-19(2)14(20)16-9-8-15-13-11-6-4-3-5-7-12(11)17-10-18-13/h10H,3-9H2,1-2H3,(H,16,20)(H,15,17,18). The van der Waals surface area contributed by atoms with Crippen LogP contribution in [0.4, 0.5) is 10.6 Å². The van der Waals surface area contributed by atoms with Crippen LogP contribution in [0.15, 0.2) is 6.33 Å². The molecule has 0 unspecified atom stereocenters. The molecule has 6 heteroatoms. The van der Waals surface area contributed by atoms with Crippen molar-refractivity contribution in [3.63, 3.8) is 0 Å². The Morgan fingerprint density at radius 3 is 2.80 bits per heavy atom. The Labute approximate surface area is 120 Å². The van der Waals surface area contributed by atoms with Crippen molar-refractivity contribution in [2.24, 2.45) is 0 Å². The van der Waals surface area contributed by atoms with E-state index in [4.69, 9.17) is 0 Å². The number of amides is 2. The normalized spacial score (nSPS) is 14.1. The van der Waals surface area contributed by atoms with Gasteiger partial charge in [0.1, 0.15) is 12.1 Å². The number of rotatable bonds is 4. The molecule has 6 nitrogen and oxygen atoms in total. The number of hydrogen-bond acceptors (Lipinski definition) is 4. The molecular formula is C14H23N5O. The minimum Gasteiger partial charge on any atom is -0.368 e. The number of carbonyl (C=O) groups is 1. The zero-order valence-corrected chi connectivity index (χ0v) is 12.3. The van der Waals surface area contributed by atoms with E-state index >= 15 is 0 Å². The topological polar surface area (TPSA) is 70.2 Å². The predicted octanol–water partition coefficient (Wildman–Crippen LogP) is 1.43. The van der Waals surface area contributed by atoms with Crippen molar-refractivity contribution in [1.29, 1.82) is 0 Å². The highest BCUT2D eigenvalue weighted by Gasteiger charge is 2.13. The number of nitrogens with one attached hydrogen (secondary N) is 2. The lowest BCUT2D eigenvalue weighted by Crippen LogP contribution is -2.37. The van der Waals surface area contributed by atoms with Gasteiger partial charge in [0.25, 0.3) is 0 Å². The second kappa shape index (κ2) is 7.07. The fourth-order valence-corrected chi connectivity index (χ4v) is 2.36. The van der Waals surface area contributed by atoms with Crippen LogP contribution in [-0.4, -0.2) is 48.1 Å². The van der Waals surface area contributed by atoms with Crippen LogP contribution in [0.5, 0.6) is 0 Å². The smallest absolute Gasteiger partial charge is 0.316 e. The summed E-state index contributed by atoms with van der Waals surface area (Å²) in [5.41, 5.74) is 2.43. The molecule has 1 aliphatic rings. The summed E-state index contributed by atoms with van der Waals surface area (Å²) in [6.45, 7) is 1.25. The van der Waals surface area contributed by atoms with Gasteiger partial charge in [-0.1, -0.05) is 6.42 Å². The number of aromatic nitrogens is 2. The van der Waals surface area contributed by atoms with Gasteiger partial charge in [0.05, 0.1) is 0 Å². The Balaban J connectivity index is 1.88. The highest BCUT2D eigenvalue weighted by molar-refractivity contribution is 5.73. The number of fused-ring (bicyclic) bond motifs is 1. The average molecular weight is 277 g/mol. The highest BCUT2D eigenvalue weighted by Crippen LogP contribution is 2.23. The third-order valence-electron chi connectivity index (χ3n) is 3.47. The molecule has 0 aliphatic heterocycles. The molecule has 1 heterocycles. The molecule has 0 atom stereocenters. The van der Waals surface area contributed by atoms with E-state index in [2.05, 4.69) is 20.6 Å². The maximum Gasteiger partial charge on any atom is 0.316 e. The summed E-state index contributed by atoms with van der Waals surface area (Å²) in [5, 5.41) is 6.14. The number of carbonyl (C=O) groups excluding carboxylic acids is 1. The van der Waals surface area contributed by atoms with E-state index in [9.17, 15) is 4.79 Å². The maximum absolute atomic E-state index is 11.4. The summed E-state index contributed by atoms with van der Waals surface area (Å²) in [5.74, 6) is 0.927. The molecule has 1 aromatic heterocycles. The molecule has 0 fully saturated rings. The molecule has 0 saturated carbocycles. The average Bonchev–Trinajstić information content (AvgIpc) is 2.68. The highest BCUT2D eigenvalue weighted by atomic mass is 16.2. The van der Waals surface area contributed by atoms with Gasteiger partial charge in [-0.05, 0) is 25.7 Å². The van der Waals surface area contributed by atoms with Gasteiger partial charge in [-0.15, -0.1) is 0 Å². The van der Waals surface area contributed by atoms with E-state index in [0.717, 1.165) is 18.7 Å². The molecule has 1 aromatic rings. The summed E-state index contributed by atoms with van der Waals surface area (Å²) >= 11 is 0. The zero-order valence-electron chi connectivity index (χ0n) is 12.3. The summed E-state index contributed by atoms with van der Waals surface area (Å²) in [6, 6.07) is -0.0756. The summed E-state index contributed by atoms with van der Waals surface area (Å²) < 4.78 is 0. The SMILES string of the molecule is CN(C)C(=O)NCCNc1ncnc2c1CCCCC2. The minimum absolute atomic E-state index is 0.0756. The van der Waals surface area contributed by atoms with Crippen LogP contribution in [0, 0.1) is 0 Å². The number of aryl methyl sites for hydroxylation is 1. The first kappa shape index (κ1) is 14.6. The van der Waals surface area contributed by atoms with Crippen molar-refractivity contribution < 1.29 is 4.79 Å². The van der Waals surface area contributed by atoms with Crippen LogP contribution in [-0.2, 0) is 12.8 Å². The monoisotopic (exact) mass is 277 g/mol.